The van der Waals surface area contributed by atoms with Gasteiger partial charge in [-0.2, -0.15) is 0 Å². The highest BCUT2D eigenvalue weighted by Crippen LogP contribution is 2.51. The van der Waals surface area contributed by atoms with E-state index in [1.54, 1.807) is 0 Å². The van der Waals surface area contributed by atoms with Crippen molar-refractivity contribution in [1.29, 1.82) is 0 Å². The lowest BCUT2D eigenvalue weighted by Gasteiger charge is -2.43. The molecule has 0 radical (unpaired) electrons. The zero-order valence-electron chi connectivity index (χ0n) is 8.86. The second-order valence-electron chi connectivity index (χ2n) is 5.55. The Kier molecular flexibility index (Phi) is 2.10. The minimum atomic E-state index is -0.424. The zero-order valence-corrected chi connectivity index (χ0v) is 8.86. The molecule has 0 aromatic carbocycles. The largest absolute Gasteiger partial charge is 0.366 e. The lowest BCUT2D eigenvalue weighted by Crippen LogP contribution is -2.35. The van der Waals surface area contributed by atoms with Crippen molar-refractivity contribution < 1.29 is 9.84 Å². The summed E-state index contributed by atoms with van der Waals surface area (Å²) in [4.78, 5) is 0. The van der Waals surface area contributed by atoms with Crippen molar-refractivity contribution in [1.82, 2.24) is 0 Å². The molecule has 3 rings (SSSR count). The molecule has 0 aromatic rings. The number of hydrogen-bond donors (Lipinski definition) is 1. The third kappa shape index (κ3) is 1.40. The normalized spacial score (nSPS) is 57.0. The van der Waals surface area contributed by atoms with Gasteiger partial charge in [-0.3, -0.25) is 0 Å². The van der Waals surface area contributed by atoms with Crippen LogP contribution in [0.15, 0.2) is 0 Å². The predicted octanol–water partition coefficient (Wildman–Crippen LogP) is 2.17. The van der Waals surface area contributed by atoms with Crippen LogP contribution in [-0.4, -0.2) is 17.5 Å². The van der Waals surface area contributed by atoms with Gasteiger partial charge in [-0.05, 0) is 42.9 Å². The number of aliphatic hydroxyl groups excluding tert-OH is 1. The maximum Gasteiger partial charge on any atom is 0.182 e. The Labute approximate surface area is 85.6 Å². The quantitative estimate of drug-likeness (QED) is 0.652. The van der Waals surface area contributed by atoms with Crippen LogP contribution in [0.5, 0.6) is 0 Å². The smallest absolute Gasteiger partial charge is 0.182 e. The molecule has 2 nitrogen and oxygen atoms in total. The van der Waals surface area contributed by atoms with Crippen molar-refractivity contribution in [2.75, 3.05) is 0 Å². The van der Waals surface area contributed by atoms with Gasteiger partial charge in [-0.1, -0.05) is 19.8 Å². The zero-order chi connectivity index (χ0) is 9.71. The molecule has 6 atom stereocenters. The molecule has 2 aliphatic carbocycles. The molecule has 6 unspecified atom stereocenters. The van der Waals surface area contributed by atoms with Crippen LogP contribution in [0, 0.1) is 23.7 Å². The Morgan fingerprint density at radius 3 is 2.50 bits per heavy atom. The van der Waals surface area contributed by atoms with Crippen LogP contribution in [-0.2, 0) is 4.74 Å². The molecule has 1 heterocycles. The number of ether oxygens (including phenoxy) is 1. The second kappa shape index (κ2) is 3.21. The standard InChI is InChI=1S/C12H20O2/c1-7-5-8-3-2-4-9(6-10(7)8)11-12(13)14-11/h7-13H,2-6H2,1H3. The van der Waals surface area contributed by atoms with Gasteiger partial charge in [0.25, 0.3) is 0 Å². The van der Waals surface area contributed by atoms with Crippen LogP contribution in [0.1, 0.15) is 39.0 Å². The summed E-state index contributed by atoms with van der Waals surface area (Å²) < 4.78 is 5.21. The van der Waals surface area contributed by atoms with Gasteiger partial charge in [0.1, 0.15) is 6.10 Å². The summed E-state index contributed by atoms with van der Waals surface area (Å²) in [5.41, 5.74) is 0. The monoisotopic (exact) mass is 196 g/mol. The van der Waals surface area contributed by atoms with E-state index in [9.17, 15) is 5.11 Å². The molecule has 0 spiro atoms. The fourth-order valence-electron chi connectivity index (χ4n) is 3.72. The number of hydrogen-bond acceptors (Lipinski definition) is 2. The number of fused-ring (bicyclic) bond motifs is 1. The molecular weight excluding hydrogens is 176 g/mol. The summed E-state index contributed by atoms with van der Waals surface area (Å²) in [7, 11) is 0. The van der Waals surface area contributed by atoms with Crippen LogP contribution in [0.25, 0.3) is 0 Å². The van der Waals surface area contributed by atoms with Gasteiger partial charge < -0.3 is 9.84 Å². The van der Waals surface area contributed by atoms with Gasteiger partial charge in [-0.25, -0.2) is 0 Å². The first-order valence-corrected chi connectivity index (χ1v) is 6.09. The molecule has 80 valence electrons. The minimum Gasteiger partial charge on any atom is -0.366 e. The van der Waals surface area contributed by atoms with E-state index >= 15 is 0 Å². The van der Waals surface area contributed by atoms with E-state index in [1.807, 2.05) is 0 Å². The molecule has 0 amide bonds. The molecule has 3 fully saturated rings. The van der Waals surface area contributed by atoms with E-state index in [2.05, 4.69) is 6.92 Å². The number of epoxide rings is 1. The van der Waals surface area contributed by atoms with Crippen LogP contribution in [0.4, 0.5) is 0 Å². The minimum absolute atomic E-state index is 0.196. The lowest BCUT2D eigenvalue weighted by atomic mass is 9.62. The van der Waals surface area contributed by atoms with Crippen LogP contribution in [0.3, 0.4) is 0 Å². The van der Waals surface area contributed by atoms with Crippen molar-refractivity contribution >= 4 is 0 Å². The highest BCUT2D eigenvalue weighted by atomic mass is 16.7. The SMILES string of the molecule is CC1CC2CCCC(C3OC3O)CC12. The van der Waals surface area contributed by atoms with Crippen molar-refractivity contribution in [3.8, 4) is 0 Å². The predicted molar refractivity (Wildman–Crippen MR) is 53.6 cm³/mol. The van der Waals surface area contributed by atoms with Crippen LogP contribution < -0.4 is 0 Å². The lowest BCUT2D eigenvalue weighted by molar-refractivity contribution is 0.0658. The van der Waals surface area contributed by atoms with Gasteiger partial charge in [0.2, 0.25) is 0 Å². The van der Waals surface area contributed by atoms with Crippen molar-refractivity contribution in [3.05, 3.63) is 0 Å². The summed E-state index contributed by atoms with van der Waals surface area (Å²) in [6, 6.07) is 0. The highest BCUT2D eigenvalue weighted by molar-refractivity contribution is 4.94. The Bertz CT molecular complexity index is 228. The van der Waals surface area contributed by atoms with Crippen molar-refractivity contribution in [3.63, 3.8) is 0 Å². The van der Waals surface area contributed by atoms with Crippen molar-refractivity contribution in [2.45, 2.75) is 51.4 Å². The average Bonchev–Trinajstić information content (AvgIpc) is 2.87. The maximum atomic E-state index is 9.28. The summed E-state index contributed by atoms with van der Waals surface area (Å²) in [5.74, 6) is 3.53. The molecule has 0 bridgehead atoms. The van der Waals surface area contributed by atoms with E-state index < -0.39 is 6.29 Å². The maximum absolute atomic E-state index is 9.28. The Hall–Kier alpha value is -0.0800. The first-order valence-electron chi connectivity index (χ1n) is 6.09. The summed E-state index contributed by atoms with van der Waals surface area (Å²) >= 11 is 0. The van der Waals surface area contributed by atoms with E-state index in [4.69, 9.17) is 4.74 Å². The molecular formula is C12H20O2. The Morgan fingerprint density at radius 1 is 1.14 bits per heavy atom. The van der Waals surface area contributed by atoms with Gasteiger partial charge in [-0.15, -0.1) is 0 Å². The number of rotatable bonds is 1. The fourth-order valence-corrected chi connectivity index (χ4v) is 3.72. The van der Waals surface area contributed by atoms with Gasteiger partial charge in [0.05, 0.1) is 0 Å². The first kappa shape index (κ1) is 9.17. The average molecular weight is 196 g/mol. The van der Waals surface area contributed by atoms with Crippen LogP contribution in [0.2, 0.25) is 0 Å². The molecule has 14 heavy (non-hydrogen) atoms. The summed E-state index contributed by atoms with van der Waals surface area (Å²) in [6.07, 6.45) is 6.59. The van der Waals surface area contributed by atoms with Gasteiger partial charge in [0.15, 0.2) is 6.29 Å². The van der Waals surface area contributed by atoms with Crippen molar-refractivity contribution in [2.24, 2.45) is 23.7 Å². The molecule has 1 aliphatic heterocycles. The van der Waals surface area contributed by atoms with E-state index in [0.29, 0.717) is 5.92 Å². The highest BCUT2D eigenvalue weighted by Gasteiger charge is 2.48. The molecule has 2 saturated carbocycles. The topological polar surface area (TPSA) is 32.8 Å². The first-order chi connectivity index (χ1) is 6.75. The van der Waals surface area contributed by atoms with Gasteiger partial charge >= 0.3 is 0 Å². The third-order valence-corrected chi connectivity index (χ3v) is 4.70. The Balaban J connectivity index is 1.64. The fraction of sp³-hybridized carbons (Fsp3) is 1.00. The summed E-state index contributed by atoms with van der Waals surface area (Å²) in [5, 5.41) is 9.28. The Morgan fingerprint density at radius 2 is 1.86 bits per heavy atom. The van der Waals surface area contributed by atoms with Gasteiger partial charge in [0, 0.05) is 0 Å². The third-order valence-electron chi connectivity index (χ3n) is 4.70. The van der Waals surface area contributed by atoms with E-state index in [0.717, 1.165) is 17.8 Å². The molecule has 2 heteroatoms. The molecule has 1 saturated heterocycles. The second-order valence-corrected chi connectivity index (χ2v) is 5.55. The van der Waals surface area contributed by atoms with E-state index in [-0.39, 0.29) is 6.10 Å². The van der Waals surface area contributed by atoms with E-state index in [1.165, 1.54) is 32.1 Å². The number of aliphatic hydroxyl groups is 1. The molecule has 1 N–H and O–H groups in total. The molecule has 0 aromatic heterocycles. The van der Waals surface area contributed by atoms with Crippen LogP contribution >= 0.6 is 0 Å². The summed E-state index contributed by atoms with van der Waals surface area (Å²) in [6.45, 7) is 2.38. The molecule has 3 aliphatic rings.